The molecule has 2 unspecified atom stereocenters. The Balaban J connectivity index is 2.25. The molecule has 0 amide bonds. The van der Waals surface area contributed by atoms with Crippen molar-refractivity contribution >= 4 is 6.21 Å². The topological polar surface area (TPSA) is 23.9 Å². The van der Waals surface area contributed by atoms with Crippen LogP contribution < -0.4 is 0 Å². The van der Waals surface area contributed by atoms with Crippen LogP contribution in [-0.4, -0.2) is 6.21 Å². The van der Waals surface area contributed by atoms with Crippen LogP contribution in [0.2, 0.25) is 0 Å². The van der Waals surface area contributed by atoms with E-state index < -0.39 is 0 Å². The van der Waals surface area contributed by atoms with Gasteiger partial charge in [-0.05, 0) is 24.5 Å². The standard InChI is InChI=1S/C5H9N/c1-4-2-5(4)3-6/h3-6H,2H2,1H3. The van der Waals surface area contributed by atoms with Crippen LogP contribution in [0.5, 0.6) is 0 Å². The summed E-state index contributed by atoms with van der Waals surface area (Å²) in [6, 6.07) is 0. The first-order chi connectivity index (χ1) is 2.84. The van der Waals surface area contributed by atoms with Gasteiger partial charge in [0.05, 0.1) is 0 Å². The summed E-state index contributed by atoms with van der Waals surface area (Å²) in [6.45, 7) is 2.18. The van der Waals surface area contributed by atoms with Gasteiger partial charge in [-0.2, -0.15) is 0 Å². The molecule has 0 aliphatic heterocycles. The third-order valence-electron chi connectivity index (χ3n) is 1.39. The number of hydrogen-bond donors (Lipinski definition) is 1. The van der Waals surface area contributed by atoms with Gasteiger partial charge in [0.1, 0.15) is 0 Å². The lowest BCUT2D eigenvalue weighted by Gasteiger charge is -1.70. The Kier molecular flexibility index (Phi) is 0.685. The van der Waals surface area contributed by atoms with E-state index in [-0.39, 0.29) is 0 Å². The van der Waals surface area contributed by atoms with Crippen LogP contribution >= 0.6 is 0 Å². The molecule has 0 bridgehead atoms. The van der Waals surface area contributed by atoms with E-state index in [0.29, 0.717) is 5.92 Å². The first kappa shape index (κ1) is 3.85. The summed E-state index contributed by atoms with van der Waals surface area (Å²) in [4.78, 5) is 0. The maximum atomic E-state index is 6.73. The van der Waals surface area contributed by atoms with Gasteiger partial charge in [-0.25, -0.2) is 0 Å². The van der Waals surface area contributed by atoms with Gasteiger partial charge in [-0.3, -0.25) is 0 Å². The highest BCUT2D eigenvalue weighted by Gasteiger charge is 2.29. The van der Waals surface area contributed by atoms with Crippen molar-refractivity contribution in [3.8, 4) is 0 Å². The monoisotopic (exact) mass is 83.1 g/mol. The summed E-state index contributed by atoms with van der Waals surface area (Å²) < 4.78 is 0. The van der Waals surface area contributed by atoms with E-state index in [4.69, 9.17) is 5.41 Å². The predicted molar refractivity (Wildman–Crippen MR) is 26.1 cm³/mol. The van der Waals surface area contributed by atoms with Crippen molar-refractivity contribution in [2.75, 3.05) is 0 Å². The molecule has 0 aromatic rings. The van der Waals surface area contributed by atoms with Gasteiger partial charge < -0.3 is 5.41 Å². The lowest BCUT2D eigenvalue weighted by molar-refractivity contribution is 0.932. The second-order valence-corrected chi connectivity index (χ2v) is 2.04. The minimum Gasteiger partial charge on any atom is -0.313 e. The van der Waals surface area contributed by atoms with Gasteiger partial charge >= 0.3 is 0 Å². The van der Waals surface area contributed by atoms with Crippen molar-refractivity contribution < 1.29 is 0 Å². The van der Waals surface area contributed by atoms with Gasteiger partial charge in [0.15, 0.2) is 0 Å². The van der Waals surface area contributed by atoms with Crippen molar-refractivity contribution in [3.05, 3.63) is 0 Å². The van der Waals surface area contributed by atoms with E-state index in [1.54, 1.807) is 6.21 Å². The van der Waals surface area contributed by atoms with Crippen LogP contribution in [0.3, 0.4) is 0 Å². The van der Waals surface area contributed by atoms with E-state index in [1.807, 2.05) is 0 Å². The molecular formula is C5H9N. The molecule has 1 aliphatic carbocycles. The second-order valence-electron chi connectivity index (χ2n) is 2.04. The zero-order chi connectivity index (χ0) is 4.57. The Labute approximate surface area is 37.9 Å². The maximum Gasteiger partial charge on any atom is -0.00140 e. The summed E-state index contributed by atoms with van der Waals surface area (Å²) in [5, 5.41) is 6.73. The predicted octanol–water partition coefficient (Wildman–Crippen LogP) is 1.29. The quantitative estimate of drug-likeness (QED) is 0.462. The highest BCUT2D eigenvalue weighted by atomic mass is 14.4. The van der Waals surface area contributed by atoms with Crippen molar-refractivity contribution in [2.24, 2.45) is 11.8 Å². The summed E-state index contributed by atoms with van der Waals surface area (Å²) in [5.41, 5.74) is 0. The van der Waals surface area contributed by atoms with E-state index in [2.05, 4.69) is 6.92 Å². The van der Waals surface area contributed by atoms with Crippen LogP contribution in [0.15, 0.2) is 0 Å². The molecule has 0 spiro atoms. The van der Waals surface area contributed by atoms with Gasteiger partial charge in [-0.1, -0.05) is 6.92 Å². The fraction of sp³-hybridized carbons (Fsp3) is 0.800. The Morgan fingerprint density at radius 2 is 2.33 bits per heavy atom. The fourth-order valence-electron chi connectivity index (χ4n) is 0.583. The van der Waals surface area contributed by atoms with Crippen LogP contribution in [0.25, 0.3) is 0 Å². The summed E-state index contributed by atoms with van der Waals surface area (Å²) in [7, 11) is 0. The average Bonchev–Trinajstić information content (AvgIpc) is 2.19. The molecule has 0 radical (unpaired) electrons. The molecule has 0 aromatic heterocycles. The zero-order valence-corrected chi connectivity index (χ0v) is 3.94. The Morgan fingerprint density at radius 3 is 2.33 bits per heavy atom. The number of nitrogens with one attached hydrogen (secondary N) is 1. The molecule has 34 valence electrons. The molecule has 1 heteroatoms. The van der Waals surface area contributed by atoms with Crippen molar-refractivity contribution in [3.63, 3.8) is 0 Å². The molecule has 1 nitrogen and oxygen atoms in total. The molecule has 1 rings (SSSR count). The van der Waals surface area contributed by atoms with Crippen LogP contribution in [0, 0.1) is 17.2 Å². The number of rotatable bonds is 1. The third-order valence-corrected chi connectivity index (χ3v) is 1.39. The molecule has 1 aliphatic rings. The minimum atomic E-state index is 0.644. The molecule has 1 saturated carbocycles. The van der Waals surface area contributed by atoms with Gasteiger partial charge in [0.2, 0.25) is 0 Å². The largest absolute Gasteiger partial charge is 0.313 e. The van der Waals surface area contributed by atoms with E-state index >= 15 is 0 Å². The molecule has 1 fully saturated rings. The highest BCUT2D eigenvalue weighted by Crippen LogP contribution is 2.35. The smallest absolute Gasteiger partial charge is 0.00140 e. The molecule has 0 heterocycles. The Morgan fingerprint density at radius 1 is 1.83 bits per heavy atom. The van der Waals surface area contributed by atoms with E-state index in [9.17, 15) is 0 Å². The van der Waals surface area contributed by atoms with Crippen LogP contribution in [0.1, 0.15) is 13.3 Å². The fourth-order valence-corrected chi connectivity index (χ4v) is 0.583. The highest BCUT2D eigenvalue weighted by molar-refractivity contribution is 5.60. The molecule has 0 saturated heterocycles. The number of hydrogen-bond acceptors (Lipinski definition) is 1. The lowest BCUT2D eigenvalue weighted by Crippen LogP contribution is -1.72. The van der Waals surface area contributed by atoms with Crippen molar-refractivity contribution in [1.29, 1.82) is 5.41 Å². The van der Waals surface area contributed by atoms with Gasteiger partial charge in [-0.15, -0.1) is 0 Å². The van der Waals surface area contributed by atoms with Gasteiger partial charge in [0, 0.05) is 0 Å². The van der Waals surface area contributed by atoms with Crippen LogP contribution in [-0.2, 0) is 0 Å². The molecule has 1 N–H and O–H groups in total. The average molecular weight is 83.1 g/mol. The second kappa shape index (κ2) is 1.07. The van der Waals surface area contributed by atoms with Crippen molar-refractivity contribution in [1.82, 2.24) is 0 Å². The Hall–Kier alpha value is -0.330. The molecule has 0 aromatic carbocycles. The lowest BCUT2D eigenvalue weighted by atomic mass is 10.4. The summed E-state index contributed by atoms with van der Waals surface area (Å²) in [5.74, 6) is 1.47. The Bertz CT molecular complexity index is 68.3. The van der Waals surface area contributed by atoms with E-state index in [0.717, 1.165) is 5.92 Å². The first-order valence-electron chi connectivity index (χ1n) is 2.35. The van der Waals surface area contributed by atoms with Crippen molar-refractivity contribution in [2.45, 2.75) is 13.3 Å². The minimum absolute atomic E-state index is 0.644. The van der Waals surface area contributed by atoms with Gasteiger partial charge in [0.25, 0.3) is 0 Å². The molecule has 2 atom stereocenters. The molecule has 6 heavy (non-hydrogen) atoms. The van der Waals surface area contributed by atoms with E-state index in [1.165, 1.54) is 6.42 Å². The SMILES string of the molecule is CC1CC1C=N. The third kappa shape index (κ3) is 0.445. The normalized spacial score (nSPS) is 42.2. The van der Waals surface area contributed by atoms with Crippen LogP contribution in [0.4, 0.5) is 0 Å². The summed E-state index contributed by atoms with van der Waals surface area (Å²) in [6.07, 6.45) is 2.80. The zero-order valence-electron chi connectivity index (χ0n) is 3.94. The maximum absolute atomic E-state index is 6.73. The summed E-state index contributed by atoms with van der Waals surface area (Å²) >= 11 is 0. The molecular weight excluding hydrogens is 74.1 g/mol. The first-order valence-corrected chi connectivity index (χ1v) is 2.35.